The molecule has 0 radical (unpaired) electrons. The lowest BCUT2D eigenvalue weighted by Crippen LogP contribution is -2.22. The van der Waals surface area contributed by atoms with E-state index >= 15 is 0 Å². The van der Waals surface area contributed by atoms with E-state index in [9.17, 15) is 4.79 Å². The second-order valence-electron chi connectivity index (χ2n) is 7.13. The standard InChI is InChI=1S/C20H20N8O/c29-18-4-2-10-23-28(18)15-7-8-17(22-12-15)24-13-5-6-14(11-13)25-20-26-16-3-1-9-21-19(16)27-20/h1-4,7-10,12-14H,5-6,11H2,(H,22,24)(H2,21,25,26,27)/t13-,14-/m0/s1. The van der Waals surface area contributed by atoms with Gasteiger partial charge in [0.1, 0.15) is 11.3 Å². The fourth-order valence-electron chi connectivity index (χ4n) is 3.71. The Morgan fingerprint density at radius 1 is 1.00 bits per heavy atom. The SMILES string of the molecule is O=c1cccnn1-c1ccc(N[C@H]2CC[C@H](Nc3nc4cccnc4[nH]3)C2)nc1. The quantitative estimate of drug-likeness (QED) is 0.481. The number of pyridine rings is 2. The van der Waals surface area contributed by atoms with E-state index < -0.39 is 0 Å². The largest absolute Gasteiger partial charge is 0.367 e. The minimum absolute atomic E-state index is 0.180. The first kappa shape index (κ1) is 17.4. The number of nitrogens with one attached hydrogen (secondary N) is 3. The van der Waals surface area contributed by atoms with Gasteiger partial charge in [0.2, 0.25) is 5.95 Å². The van der Waals surface area contributed by atoms with Crippen LogP contribution < -0.4 is 16.2 Å². The van der Waals surface area contributed by atoms with Crippen LogP contribution in [0.15, 0.2) is 59.8 Å². The first-order chi connectivity index (χ1) is 14.2. The molecule has 1 aliphatic rings. The molecule has 3 N–H and O–H groups in total. The van der Waals surface area contributed by atoms with Gasteiger partial charge >= 0.3 is 0 Å². The molecule has 4 heterocycles. The van der Waals surface area contributed by atoms with Crippen molar-refractivity contribution in [3.05, 3.63) is 65.3 Å². The van der Waals surface area contributed by atoms with Crippen molar-refractivity contribution in [1.29, 1.82) is 0 Å². The van der Waals surface area contributed by atoms with Gasteiger partial charge in [-0.15, -0.1) is 0 Å². The molecule has 0 bridgehead atoms. The highest BCUT2D eigenvalue weighted by Crippen LogP contribution is 2.25. The maximum Gasteiger partial charge on any atom is 0.271 e. The van der Waals surface area contributed by atoms with Gasteiger partial charge in [0.25, 0.3) is 5.56 Å². The predicted molar refractivity (Wildman–Crippen MR) is 110 cm³/mol. The first-order valence-electron chi connectivity index (χ1n) is 9.59. The second kappa shape index (κ2) is 7.34. The number of aromatic amines is 1. The van der Waals surface area contributed by atoms with E-state index in [1.54, 1.807) is 24.7 Å². The first-order valence-corrected chi connectivity index (χ1v) is 9.59. The molecule has 0 amide bonds. The van der Waals surface area contributed by atoms with Crippen molar-refractivity contribution in [2.75, 3.05) is 10.6 Å². The maximum atomic E-state index is 11.9. The second-order valence-corrected chi connectivity index (χ2v) is 7.13. The van der Waals surface area contributed by atoms with Gasteiger partial charge in [-0.1, -0.05) is 0 Å². The zero-order chi connectivity index (χ0) is 19.6. The average molecular weight is 388 g/mol. The van der Waals surface area contributed by atoms with E-state index in [1.165, 1.54) is 10.7 Å². The highest BCUT2D eigenvalue weighted by atomic mass is 16.1. The minimum Gasteiger partial charge on any atom is -0.367 e. The van der Waals surface area contributed by atoms with Crippen molar-refractivity contribution in [1.82, 2.24) is 29.7 Å². The number of nitrogens with zero attached hydrogens (tertiary/aromatic N) is 5. The third kappa shape index (κ3) is 3.66. The van der Waals surface area contributed by atoms with Crippen LogP contribution in [0.4, 0.5) is 11.8 Å². The van der Waals surface area contributed by atoms with Crippen molar-refractivity contribution in [3.63, 3.8) is 0 Å². The molecular formula is C20H20N8O. The molecule has 9 heteroatoms. The van der Waals surface area contributed by atoms with E-state index in [0.29, 0.717) is 17.8 Å². The lowest BCUT2D eigenvalue weighted by Gasteiger charge is -2.15. The van der Waals surface area contributed by atoms with E-state index in [1.807, 2.05) is 24.3 Å². The van der Waals surface area contributed by atoms with Crippen molar-refractivity contribution in [3.8, 4) is 5.69 Å². The number of rotatable bonds is 5. The molecule has 9 nitrogen and oxygen atoms in total. The number of anilines is 2. The Kier molecular flexibility index (Phi) is 4.39. The summed E-state index contributed by atoms with van der Waals surface area (Å²) in [5.41, 5.74) is 2.11. The summed E-state index contributed by atoms with van der Waals surface area (Å²) in [4.78, 5) is 28.3. The van der Waals surface area contributed by atoms with Gasteiger partial charge in [0.15, 0.2) is 5.65 Å². The summed E-state index contributed by atoms with van der Waals surface area (Å²) >= 11 is 0. The molecular weight excluding hydrogens is 368 g/mol. The van der Waals surface area contributed by atoms with E-state index in [4.69, 9.17) is 0 Å². The number of fused-ring (bicyclic) bond motifs is 1. The molecule has 0 aliphatic heterocycles. The molecule has 0 spiro atoms. The maximum absolute atomic E-state index is 11.9. The van der Waals surface area contributed by atoms with Crippen LogP contribution in [0.25, 0.3) is 16.9 Å². The van der Waals surface area contributed by atoms with Crippen LogP contribution in [0, 0.1) is 0 Å². The van der Waals surface area contributed by atoms with Gasteiger partial charge in [0.05, 0.1) is 11.9 Å². The average Bonchev–Trinajstić information content (AvgIpc) is 3.35. The highest BCUT2D eigenvalue weighted by molar-refractivity contribution is 5.72. The molecule has 0 aromatic carbocycles. The number of H-pyrrole nitrogens is 1. The normalized spacial score (nSPS) is 18.8. The summed E-state index contributed by atoms with van der Waals surface area (Å²) in [7, 11) is 0. The lowest BCUT2D eigenvalue weighted by atomic mass is 10.2. The lowest BCUT2D eigenvalue weighted by molar-refractivity contribution is 0.718. The summed E-state index contributed by atoms with van der Waals surface area (Å²) in [5, 5.41) is 11.0. The molecule has 29 heavy (non-hydrogen) atoms. The fourth-order valence-corrected chi connectivity index (χ4v) is 3.71. The summed E-state index contributed by atoms with van der Waals surface area (Å²) in [6, 6.07) is 11.3. The minimum atomic E-state index is -0.180. The summed E-state index contributed by atoms with van der Waals surface area (Å²) in [6.07, 6.45) is 8.04. The highest BCUT2D eigenvalue weighted by Gasteiger charge is 2.25. The molecule has 1 aliphatic carbocycles. The third-order valence-electron chi connectivity index (χ3n) is 5.09. The van der Waals surface area contributed by atoms with Crippen molar-refractivity contribution in [2.45, 2.75) is 31.3 Å². The van der Waals surface area contributed by atoms with Crippen molar-refractivity contribution in [2.24, 2.45) is 0 Å². The van der Waals surface area contributed by atoms with Gasteiger partial charge in [-0.25, -0.2) is 15.0 Å². The topological polar surface area (TPSA) is 113 Å². The Morgan fingerprint density at radius 2 is 1.86 bits per heavy atom. The summed E-state index contributed by atoms with van der Waals surface area (Å²) < 4.78 is 1.33. The van der Waals surface area contributed by atoms with Gasteiger partial charge in [-0.05, 0) is 49.6 Å². The Balaban J connectivity index is 1.21. The van der Waals surface area contributed by atoms with Crippen LogP contribution in [-0.4, -0.2) is 41.8 Å². The Morgan fingerprint density at radius 3 is 2.66 bits per heavy atom. The molecule has 0 unspecified atom stereocenters. The van der Waals surface area contributed by atoms with Gasteiger partial charge in [-0.3, -0.25) is 4.79 Å². The monoisotopic (exact) mass is 388 g/mol. The van der Waals surface area contributed by atoms with Crippen LogP contribution in [0.1, 0.15) is 19.3 Å². The number of hydrogen-bond donors (Lipinski definition) is 3. The fraction of sp³-hybridized carbons (Fsp3) is 0.250. The van der Waals surface area contributed by atoms with Crippen LogP contribution in [0.2, 0.25) is 0 Å². The van der Waals surface area contributed by atoms with Crippen LogP contribution in [-0.2, 0) is 0 Å². The van der Waals surface area contributed by atoms with E-state index in [-0.39, 0.29) is 5.56 Å². The van der Waals surface area contributed by atoms with E-state index in [2.05, 4.69) is 35.7 Å². The van der Waals surface area contributed by atoms with Gasteiger partial charge < -0.3 is 15.6 Å². The van der Waals surface area contributed by atoms with Gasteiger partial charge in [0, 0.05) is 30.5 Å². The molecule has 1 saturated carbocycles. The Labute approximate surface area is 166 Å². The van der Waals surface area contributed by atoms with Gasteiger partial charge in [-0.2, -0.15) is 9.78 Å². The molecule has 1 fully saturated rings. The number of imidazole rings is 1. The smallest absolute Gasteiger partial charge is 0.271 e. The molecule has 4 aromatic rings. The predicted octanol–water partition coefficient (Wildman–Crippen LogP) is 2.34. The number of aromatic nitrogens is 6. The molecule has 2 atom stereocenters. The van der Waals surface area contributed by atoms with Crippen LogP contribution in [0.3, 0.4) is 0 Å². The summed E-state index contributed by atoms with van der Waals surface area (Å²) in [6.45, 7) is 0. The summed E-state index contributed by atoms with van der Waals surface area (Å²) in [5.74, 6) is 1.55. The molecule has 146 valence electrons. The third-order valence-corrected chi connectivity index (χ3v) is 5.09. The van der Waals surface area contributed by atoms with Crippen LogP contribution in [0.5, 0.6) is 0 Å². The zero-order valence-electron chi connectivity index (χ0n) is 15.6. The Bertz CT molecular complexity index is 1150. The molecule has 4 aromatic heterocycles. The number of hydrogen-bond acceptors (Lipinski definition) is 7. The molecule has 0 saturated heterocycles. The van der Waals surface area contributed by atoms with E-state index in [0.717, 1.165) is 42.2 Å². The van der Waals surface area contributed by atoms with Crippen molar-refractivity contribution < 1.29 is 0 Å². The molecule has 5 rings (SSSR count). The Hall–Kier alpha value is -3.75. The van der Waals surface area contributed by atoms with Crippen LogP contribution >= 0.6 is 0 Å². The van der Waals surface area contributed by atoms with Crippen molar-refractivity contribution >= 4 is 22.9 Å². The zero-order valence-corrected chi connectivity index (χ0v) is 15.6.